The van der Waals surface area contributed by atoms with Crippen molar-refractivity contribution in [1.82, 2.24) is 9.80 Å². The second kappa shape index (κ2) is 6.60. The fourth-order valence-electron chi connectivity index (χ4n) is 2.72. The third kappa shape index (κ3) is 3.03. The summed E-state index contributed by atoms with van der Waals surface area (Å²) in [5, 5.41) is 0. The van der Waals surface area contributed by atoms with Gasteiger partial charge in [-0.2, -0.15) is 0 Å². The lowest BCUT2D eigenvalue weighted by atomic mass is 9.96. The molecule has 0 unspecified atom stereocenters. The first kappa shape index (κ1) is 14.6. The van der Waals surface area contributed by atoms with Gasteiger partial charge in [0, 0.05) is 32.9 Å². The van der Waals surface area contributed by atoms with Crippen LogP contribution >= 0.6 is 0 Å². The molecule has 3 heteroatoms. The van der Waals surface area contributed by atoms with E-state index in [1.54, 1.807) is 0 Å². The highest BCUT2D eigenvalue weighted by atomic mass is 16.2. The van der Waals surface area contributed by atoms with E-state index in [9.17, 15) is 4.79 Å². The second-order valence-corrected chi connectivity index (χ2v) is 5.41. The molecular weight excluding hydrogens is 248 g/mol. The average Bonchev–Trinajstić information content (AvgIpc) is 2.45. The quantitative estimate of drug-likeness (QED) is 0.822. The molecule has 0 saturated heterocycles. The van der Waals surface area contributed by atoms with Crippen LogP contribution < -0.4 is 0 Å². The van der Waals surface area contributed by atoms with Gasteiger partial charge in [-0.25, -0.2) is 0 Å². The third-order valence-corrected chi connectivity index (χ3v) is 3.58. The van der Waals surface area contributed by atoms with Crippen LogP contribution in [0.1, 0.15) is 37.8 Å². The summed E-state index contributed by atoms with van der Waals surface area (Å²) in [4.78, 5) is 16.9. The molecule has 1 aromatic carbocycles. The van der Waals surface area contributed by atoms with E-state index in [4.69, 9.17) is 0 Å². The molecule has 0 fully saturated rings. The van der Waals surface area contributed by atoms with E-state index in [0.29, 0.717) is 0 Å². The smallest absolute Gasteiger partial charge is 0.255 e. The number of hydrogen-bond donors (Lipinski definition) is 0. The number of fused-ring (bicyclic) bond motifs is 1. The van der Waals surface area contributed by atoms with Gasteiger partial charge in [0.25, 0.3) is 5.91 Å². The van der Waals surface area contributed by atoms with Crippen molar-refractivity contribution in [2.24, 2.45) is 0 Å². The summed E-state index contributed by atoms with van der Waals surface area (Å²) >= 11 is 0. The van der Waals surface area contributed by atoms with E-state index in [-0.39, 0.29) is 5.91 Å². The van der Waals surface area contributed by atoms with Crippen molar-refractivity contribution in [1.29, 1.82) is 0 Å². The van der Waals surface area contributed by atoms with E-state index in [0.717, 1.165) is 43.6 Å². The zero-order chi connectivity index (χ0) is 14.5. The van der Waals surface area contributed by atoms with Crippen molar-refractivity contribution in [2.75, 3.05) is 20.1 Å². The van der Waals surface area contributed by atoms with Crippen LogP contribution in [0.15, 0.2) is 30.5 Å². The van der Waals surface area contributed by atoms with Gasteiger partial charge in [-0.15, -0.1) is 0 Å². The van der Waals surface area contributed by atoms with Gasteiger partial charge in [0.2, 0.25) is 0 Å². The first-order chi connectivity index (χ1) is 9.67. The van der Waals surface area contributed by atoms with Gasteiger partial charge in [-0.3, -0.25) is 4.79 Å². The zero-order valence-corrected chi connectivity index (χ0v) is 12.7. The SMILES string of the molecule is CCCN(CCC)C(=O)C1=CN(C)Cc2ccccc21. The maximum absolute atomic E-state index is 12.8. The average molecular weight is 272 g/mol. The van der Waals surface area contributed by atoms with Gasteiger partial charge in [0.1, 0.15) is 0 Å². The molecule has 1 amide bonds. The Morgan fingerprint density at radius 2 is 1.85 bits per heavy atom. The molecule has 0 bridgehead atoms. The molecule has 0 aliphatic carbocycles. The number of hydrogen-bond acceptors (Lipinski definition) is 2. The number of carbonyl (C=O) groups is 1. The molecular formula is C17H24N2O. The lowest BCUT2D eigenvalue weighted by Crippen LogP contribution is -2.35. The molecule has 1 aliphatic heterocycles. The monoisotopic (exact) mass is 272 g/mol. The summed E-state index contributed by atoms with van der Waals surface area (Å²) in [6.45, 7) is 6.76. The van der Waals surface area contributed by atoms with Crippen molar-refractivity contribution in [3.8, 4) is 0 Å². The van der Waals surface area contributed by atoms with Crippen molar-refractivity contribution in [3.63, 3.8) is 0 Å². The lowest BCUT2D eigenvalue weighted by Gasteiger charge is -2.29. The van der Waals surface area contributed by atoms with Crippen LogP contribution in [0.4, 0.5) is 0 Å². The first-order valence-corrected chi connectivity index (χ1v) is 7.47. The summed E-state index contributed by atoms with van der Waals surface area (Å²) in [6, 6.07) is 8.21. The highest BCUT2D eigenvalue weighted by Crippen LogP contribution is 2.27. The molecule has 1 heterocycles. The number of rotatable bonds is 5. The van der Waals surface area contributed by atoms with Gasteiger partial charge in [0.15, 0.2) is 0 Å². The van der Waals surface area contributed by atoms with E-state index in [1.807, 2.05) is 30.3 Å². The summed E-state index contributed by atoms with van der Waals surface area (Å²) in [5.74, 6) is 0.160. The summed E-state index contributed by atoms with van der Waals surface area (Å²) in [7, 11) is 2.02. The Bertz CT molecular complexity index is 501. The van der Waals surface area contributed by atoms with Crippen molar-refractivity contribution in [3.05, 3.63) is 41.6 Å². The van der Waals surface area contributed by atoms with Gasteiger partial charge in [-0.1, -0.05) is 38.1 Å². The minimum absolute atomic E-state index is 0.160. The molecule has 0 radical (unpaired) electrons. The Balaban J connectivity index is 2.32. The molecule has 1 aromatic rings. The molecule has 0 saturated carbocycles. The Kier molecular flexibility index (Phi) is 4.83. The second-order valence-electron chi connectivity index (χ2n) is 5.41. The molecule has 0 spiro atoms. The Labute approximate surface area is 121 Å². The Morgan fingerprint density at radius 1 is 1.20 bits per heavy atom. The Hall–Kier alpha value is -1.77. The fourth-order valence-corrected chi connectivity index (χ4v) is 2.72. The normalized spacial score (nSPS) is 13.8. The van der Waals surface area contributed by atoms with Crippen molar-refractivity contribution < 1.29 is 4.79 Å². The maximum Gasteiger partial charge on any atom is 0.255 e. The minimum atomic E-state index is 0.160. The third-order valence-electron chi connectivity index (χ3n) is 3.58. The van der Waals surface area contributed by atoms with Crippen molar-refractivity contribution in [2.45, 2.75) is 33.2 Å². The molecule has 1 aliphatic rings. The highest BCUT2D eigenvalue weighted by molar-refractivity contribution is 6.20. The van der Waals surface area contributed by atoms with Gasteiger partial charge < -0.3 is 9.80 Å². The van der Waals surface area contributed by atoms with Crippen LogP contribution in [0.2, 0.25) is 0 Å². The summed E-state index contributed by atoms with van der Waals surface area (Å²) < 4.78 is 0. The minimum Gasteiger partial charge on any atom is -0.375 e. The number of nitrogens with zero attached hydrogens (tertiary/aromatic N) is 2. The van der Waals surface area contributed by atoms with Gasteiger partial charge >= 0.3 is 0 Å². The van der Waals surface area contributed by atoms with E-state index < -0.39 is 0 Å². The van der Waals surface area contributed by atoms with E-state index in [2.05, 4.69) is 30.9 Å². The van der Waals surface area contributed by atoms with E-state index in [1.165, 1.54) is 5.56 Å². The first-order valence-electron chi connectivity index (χ1n) is 7.47. The van der Waals surface area contributed by atoms with Crippen LogP contribution in [0.3, 0.4) is 0 Å². The van der Waals surface area contributed by atoms with Gasteiger partial charge in [0.05, 0.1) is 5.57 Å². The molecule has 2 rings (SSSR count). The highest BCUT2D eigenvalue weighted by Gasteiger charge is 2.24. The summed E-state index contributed by atoms with van der Waals surface area (Å²) in [6.07, 6.45) is 3.98. The molecule has 108 valence electrons. The predicted octanol–water partition coefficient (Wildman–Crippen LogP) is 3.12. The number of carbonyl (C=O) groups excluding carboxylic acids is 1. The van der Waals surface area contributed by atoms with Crippen molar-refractivity contribution >= 4 is 11.5 Å². The molecule has 0 aromatic heterocycles. The Morgan fingerprint density at radius 3 is 2.50 bits per heavy atom. The standard InChI is InChI=1S/C17H24N2O/c1-4-10-19(11-5-2)17(20)16-13-18(3)12-14-8-6-7-9-15(14)16/h6-9,13H,4-5,10-12H2,1-3H3. The predicted molar refractivity (Wildman–Crippen MR) is 83.0 cm³/mol. The van der Waals surface area contributed by atoms with Crippen LogP contribution in [0.25, 0.3) is 5.57 Å². The maximum atomic E-state index is 12.8. The van der Waals surface area contributed by atoms with Crippen LogP contribution in [0, 0.1) is 0 Å². The van der Waals surface area contributed by atoms with Crippen LogP contribution in [-0.2, 0) is 11.3 Å². The molecule has 0 N–H and O–H groups in total. The summed E-state index contributed by atoms with van der Waals surface area (Å²) in [5.41, 5.74) is 3.15. The lowest BCUT2D eigenvalue weighted by molar-refractivity contribution is -0.125. The number of benzene rings is 1. The fraction of sp³-hybridized carbons (Fsp3) is 0.471. The van der Waals surface area contributed by atoms with Gasteiger partial charge in [-0.05, 0) is 24.0 Å². The molecule has 3 nitrogen and oxygen atoms in total. The molecule has 0 atom stereocenters. The van der Waals surface area contributed by atoms with E-state index >= 15 is 0 Å². The zero-order valence-electron chi connectivity index (χ0n) is 12.7. The largest absolute Gasteiger partial charge is 0.375 e. The van der Waals surface area contributed by atoms with Crippen LogP contribution in [-0.4, -0.2) is 35.8 Å². The molecule has 20 heavy (non-hydrogen) atoms. The number of amides is 1. The topological polar surface area (TPSA) is 23.6 Å². The van der Waals surface area contributed by atoms with Crippen LogP contribution in [0.5, 0.6) is 0 Å².